The summed E-state index contributed by atoms with van der Waals surface area (Å²) in [6, 6.07) is 5.24. The zero-order valence-electron chi connectivity index (χ0n) is 23.3. The number of hydrogen-bond donors (Lipinski definition) is 6. The minimum absolute atomic E-state index is 0.0474. The van der Waals surface area contributed by atoms with Crippen LogP contribution in [0.5, 0.6) is 0 Å². The molecule has 0 saturated carbocycles. The Morgan fingerprint density at radius 2 is 1.91 bits per heavy atom. The summed E-state index contributed by atoms with van der Waals surface area (Å²) in [5.74, 6) is -1.38. The van der Waals surface area contributed by atoms with E-state index < -0.39 is 32.0 Å². The molecule has 0 bridgehead atoms. The van der Waals surface area contributed by atoms with Crippen LogP contribution >= 0.6 is 23.1 Å². The lowest BCUT2D eigenvalue weighted by Gasteiger charge is -2.26. The lowest BCUT2D eigenvalue weighted by Crippen LogP contribution is -2.72. The number of nitrogens with zero attached hydrogens (tertiary/aromatic N) is 3. The first kappa shape index (κ1) is 36.4. The highest BCUT2D eigenvalue weighted by Crippen LogP contribution is 2.20. The minimum Gasteiger partial charge on any atom is -0.545 e. The zero-order chi connectivity index (χ0) is 32.8. The van der Waals surface area contributed by atoms with Gasteiger partial charge in [-0.3, -0.25) is 4.99 Å². The first-order valence-corrected chi connectivity index (χ1v) is 17.4. The van der Waals surface area contributed by atoms with E-state index in [0.717, 1.165) is 11.8 Å². The molecule has 3 rings (SSSR count). The lowest BCUT2D eigenvalue weighted by molar-refractivity contribution is -0.355. The number of aliphatic carboxylic acids is 2. The third kappa shape index (κ3) is 12.5. The van der Waals surface area contributed by atoms with E-state index in [1.165, 1.54) is 40.9 Å². The maximum absolute atomic E-state index is 12.9. The van der Waals surface area contributed by atoms with Crippen molar-refractivity contribution >= 4 is 72.1 Å². The number of nitrogens with one attached hydrogen (secondary N) is 3. The fourth-order valence-corrected chi connectivity index (χ4v) is 7.39. The minimum atomic E-state index is -4.07. The molecule has 1 saturated heterocycles. The molecule has 2 aromatic rings. The van der Waals surface area contributed by atoms with Crippen molar-refractivity contribution in [3.05, 3.63) is 47.5 Å². The standard InChI is InChI=1S/C19H28N8O5S4.C4H4O4/c1-22-18(23-5-10-33-12-14-13-34-19(24-14)25-17(20)21)26-35(28,29)15-3-2-4-16(11-15)36(30,31)27-6-8-32-9-7-27;5-3(6)1-2-4(7)8/h2-4,11,13H,5-10,12H2,1H3,(H2,22,23,26)(H4,20,21,24,25);1-2H,(H,5,6)(H,7,8)/b;2-1+. The van der Waals surface area contributed by atoms with Crippen LogP contribution in [0, 0.1) is 0 Å². The SMILES string of the molecule is CN=C(NCCSCc1csc([NH+]=C(N)N)n1)NS(=O)(=O)c1cccc(S(=O)(=O)N2CCOCC2)c1.O=C([O-])/C=C/C(=O)O. The Bertz CT molecular complexity index is 1570. The average Bonchev–Trinajstić information content (AvgIpc) is 3.42. The Hall–Kier alpha value is -3.76. The molecule has 0 unspecified atom stereocenters. The molecule has 1 aliphatic rings. The summed E-state index contributed by atoms with van der Waals surface area (Å²) < 4.78 is 60.5. The zero-order valence-corrected chi connectivity index (χ0v) is 26.6. The molecule has 44 heavy (non-hydrogen) atoms. The van der Waals surface area contributed by atoms with Crippen LogP contribution in [0.3, 0.4) is 0 Å². The highest BCUT2D eigenvalue weighted by molar-refractivity contribution is 7.98. The number of guanidine groups is 2. The summed E-state index contributed by atoms with van der Waals surface area (Å²) in [6.45, 7) is 1.46. The quantitative estimate of drug-likeness (QED) is 0.0541. The highest BCUT2D eigenvalue weighted by atomic mass is 32.2. The number of morpholine rings is 1. The molecule has 1 aromatic carbocycles. The molecule has 0 radical (unpaired) electrons. The molecular formula is C23H32N8O9S4. The van der Waals surface area contributed by atoms with Gasteiger partial charge in [0.25, 0.3) is 15.2 Å². The van der Waals surface area contributed by atoms with Gasteiger partial charge in [-0.05, 0) is 24.3 Å². The summed E-state index contributed by atoms with van der Waals surface area (Å²) in [7, 11) is -6.46. The van der Waals surface area contributed by atoms with E-state index in [9.17, 15) is 31.5 Å². The first-order chi connectivity index (χ1) is 20.7. The van der Waals surface area contributed by atoms with E-state index in [-0.39, 0.29) is 34.8 Å². The molecule has 17 nitrogen and oxygen atoms in total. The number of carbonyl (C=O) groups excluding carboxylic acids is 1. The molecule has 2 heterocycles. The number of hydrogen-bond acceptors (Lipinski definition) is 12. The number of rotatable bonds is 12. The van der Waals surface area contributed by atoms with Gasteiger partial charge in [0.1, 0.15) is 5.69 Å². The summed E-state index contributed by atoms with van der Waals surface area (Å²) in [6.07, 6.45) is 0.942. The summed E-state index contributed by atoms with van der Waals surface area (Å²) >= 11 is 2.99. The van der Waals surface area contributed by atoms with Gasteiger partial charge in [0.05, 0.1) is 29.0 Å². The number of benzene rings is 1. The van der Waals surface area contributed by atoms with Crippen LogP contribution in [0.25, 0.3) is 0 Å². The van der Waals surface area contributed by atoms with Crippen molar-refractivity contribution in [2.45, 2.75) is 15.5 Å². The molecule has 1 aromatic heterocycles. The molecule has 0 amide bonds. The predicted molar refractivity (Wildman–Crippen MR) is 162 cm³/mol. The normalized spacial score (nSPS) is 14.3. The van der Waals surface area contributed by atoms with E-state index in [1.807, 2.05) is 5.38 Å². The van der Waals surface area contributed by atoms with Crippen molar-refractivity contribution in [2.75, 3.05) is 45.6 Å². The second-order valence-corrected chi connectivity index (χ2v) is 13.9. The monoisotopic (exact) mass is 692 g/mol. The van der Waals surface area contributed by atoms with Crippen molar-refractivity contribution in [3.8, 4) is 0 Å². The number of thioether (sulfide) groups is 1. The number of carbonyl (C=O) groups is 2. The van der Waals surface area contributed by atoms with Gasteiger partial charge in [-0.15, -0.1) is 4.98 Å². The number of sulfonamides is 2. The van der Waals surface area contributed by atoms with E-state index >= 15 is 0 Å². The van der Waals surface area contributed by atoms with Gasteiger partial charge in [-0.25, -0.2) is 31.3 Å². The smallest absolute Gasteiger partial charge is 0.328 e. The highest BCUT2D eigenvalue weighted by Gasteiger charge is 2.28. The molecule has 0 spiro atoms. The van der Waals surface area contributed by atoms with Crippen molar-refractivity contribution < 1.29 is 46.4 Å². The summed E-state index contributed by atoms with van der Waals surface area (Å²) in [4.78, 5) is 29.7. The van der Waals surface area contributed by atoms with Crippen LogP contribution in [0.15, 0.2) is 56.6 Å². The first-order valence-electron chi connectivity index (χ1n) is 12.4. The molecule has 21 heteroatoms. The lowest BCUT2D eigenvalue weighted by atomic mass is 10.4. The van der Waals surface area contributed by atoms with Gasteiger partial charge >= 0.3 is 11.9 Å². The number of ether oxygens (including phenoxy) is 1. The van der Waals surface area contributed by atoms with Gasteiger partial charge in [0, 0.05) is 49.6 Å². The maximum Gasteiger partial charge on any atom is 0.328 e. The van der Waals surface area contributed by atoms with Crippen molar-refractivity contribution in [2.24, 2.45) is 16.5 Å². The van der Waals surface area contributed by atoms with Gasteiger partial charge in [-0.2, -0.15) is 16.1 Å². The number of carboxylic acids is 2. The van der Waals surface area contributed by atoms with Crippen LogP contribution in [0.4, 0.5) is 5.13 Å². The van der Waals surface area contributed by atoms with Crippen LogP contribution in [-0.2, 0) is 40.1 Å². The third-order valence-corrected chi connectivity index (χ3v) is 10.2. The van der Waals surface area contributed by atoms with E-state index in [0.29, 0.717) is 48.5 Å². The molecule has 1 fully saturated rings. The Balaban J connectivity index is 0.000000742. The molecule has 0 aliphatic carbocycles. The average molecular weight is 693 g/mol. The van der Waals surface area contributed by atoms with Crippen molar-refractivity contribution in [3.63, 3.8) is 0 Å². The van der Waals surface area contributed by atoms with Crippen LogP contribution in [0.1, 0.15) is 5.69 Å². The molecule has 8 N–H and O–H groups in total. The molecule has 242 valence electrons. The Morgan fingerprint density at radius 3 is 2.50 bits per heavy atom. The fourth-order valence-electron chi connectivity index (χ4n) is 3.20. The largest absolute Gasteiger partial charge is 0.545 e. The number of thiazole rings is 1. The second kappa shape index (κ2) is 17.5. The van der Waals surface area contributed by atoms with E-state index in [1.54, 1.807) is 11.8 Å². The number of nitrogens with two attached hydrogens (primary N) is 2. The van der Waals surface area contributed by atoms with Gasteiger partial charge in [-0.1, -0.05) is 17.4 Å². The van der Waals surface area contributed by atoms with Crippen LogP contribution in [0.2, 0.25) is 0 Å². The van der Waals surface area contributed by atoms with Gasteiger partial charge in [0.2, 0.25) is 16.0 Å². The van der Waals surface area contributed by atoms with Crippen molar-refractivity contribution in [1.82, 2.24) is 19.3 Å². The van der Waals surface area contributed by atoms with Gasteiger partial charge < -0.3 is 36.5 Å². The third-order valence-electron chi connectivity index (χ3n) is 5.13. The fraction of sp³-hybridized carbons (Fsp3) is 0.348. The number of carboxylic acid groups (broad SMARTS) is 2. The van der Waals surface area contributed by atoms with Crippen LogP contribution < -0.4 is 31.6 Å². The van der Waals surface area contributed by atoms with E-state index in [2.05, 4.69) is 25.0 Å². The van der Waals surface area contributed by atoms with Crippen molar-refractivity contribution in [1.29, 1.82) is 0 Å². The molecule has 1 aliphatic heterocycles. The maximum atomic E-state index is 12.9. The predicted octanol–water partition coefficient (Wildman–Crippen LogP) is -3.69. The number of aromatic nitrogens is 1. The van der Waals surface area contributed by atoms with Gasteiger partial charge in [0.15, 0.2) is 0 Å². The molecular weight excluding hydrogens is 661 g/mol. The number of aliphatic imine (C=N–C) groups is 1. The Kier molecular flexibility index (Phi) is 14.5. The summed E-state index contributed by atoms with van der Waals surface area (Å²) in [5, 5.41) is 22.7. The Morgan fingerprint density at radius 1 is 1.23 bits per heavy atom. The Labute approximate surface area is 262 Å². The van der Waals surface area contributed by atoms with E-state index in [4.69, 9.17) is 21.3 Å². The topological polar surface area (TPSA) is 273 Å². The second-order valence-electron chi connectivity index (χ2n) is 8.36. The summed E-state index contributed by atoms with van der Waals surface area (Å²) in [5.41, 5.74) is 11.7. The molecule has 0 atom stereocenters. The van der Waals surface area contributed by atoms with Crippen LogP contribution in [-0.4, -0.2) is 101 Å².